The van der Waals surface area contributed by atoms with E-state index >= 15 is 0 Å². The van der Waals surface area contributed by atoms with E-state index in [1.165, 1.54) is 147 Å². The van der Waals surface area contributed by atoms with E-state index in [0.29, 0.717) is 0 Å². The van der Waals surface area contributed by atoms with Gasteiger partial charge in [-0.25, -0.2) is 0 Å². The minimum Gasteiger partial charge on any atom is -0.361 e. The van der Waals surface area contributed by atoms with Gasteiger partial charge in [-0.1, -0.05) is 38.5 Å². The van der Waals surface area contributed by atoms with Crippen molar-refractivity contribution >= 4 is 11.3 Å². The Bertz CT molecular complexity index is 1560. The van der Waals surface area contributed by atoms with Gasteiger partial charge in [-0.05, 0) is 112 Å². The Balaban J connectivity index is 1.32. The van der Waals surface area contributed by atoms with Crippen LogP contribution in [0.3, 0.4) is 0 Å². The number of hydrogen-bond donors (Lipinski definition) is 3. The monoisotopic (exact) mass is 530 g/mol. The number of aromatic nitrogens is 3. The molecule has 9 rings (SSSR count). The van der Waals surface area contributed by atoms with Crippen LogP contribution >= 0.6 is 0 Å². The van der Waals surface area contributed by atoms with E-state index in [1.54, 1.807) is 0 Å². The van der Waals surface area contributed by atoms with Crippen molar-refractivity contribution in [1.82, 2.24) is 15.0 Å². The van der Waals surface area contributed by atoms with Crippen molar-refractivity contribution in [3.05, 3.63) is 87.9 Å². The summed E-state index contributed by atoms with van der Waals surface area (Å²) in [7, 11) is 0. The van der Waals surface area contributed by atoms with Gasteiger partial charge in [-0.3, -0.25) is 4.99 Å². The average Bonchev–Trinajstić information content (AvgIpc) is 3.79. The smallest absolute Gasteiger partial charge is 0.0718 e. The summed E-state index contributed by atoms with van der Waals surface area (Å²) in [6, 6.07) is 14.6. The number of aromatic amines is 3. The minimum atomic E-state index is 0.0160. The molecule has 6 aliphatic rings. The fourth-order valence-electron chi connectivity index (χ4n) is 9.88. The summed E-state index contributed by atoms with van der Waals surface area (Å²) in [4.78, 5) is 17.9. The Labute approximate surface area is 237 Å². The predicted molar refractivity (Wildman–Crippen MR) is 162 cm³/mol. The second-order valence-electron chi connectivity index (χ2n) is 13.9. The van der Waals surface area contributed by atoms with Crippen LogP contribution in [0, 0.1) is 0 Å². The highest BCUT2D eigenvalue weighted by Crippen LogP contribution is 2.52. The molecule has 40 heavy (non-hydrogen) atoms. The summed E-state index contributed by atoms with van der Waals surface area (Å²) >= 11 is 0. The van der Waals surface area contributed by atoms with Gasteiger partial charge in [0.1, 0.15) is 0 Å². The topological polar surface area (TPSA) is 59.7 Å². The van der Waals surface area contributed by atoms with Crippen molar-refractivity contribution in [3.63, 3.8) is 0 Å². The molecule has 0 amide bonds. The molecule has 3 aromatic rings. The molecule has 5 heterocycles. The van der Waals surface area contributed by atoms with Gasteiger partial charge in [0, 0.05) is 39.7 Å². The van der Waals surface area contributed by atoms with Gasteiger partial charge in [0.25, 0.3) is 0 Å². The normalized spacial score (nSPS) is 25.7. The second kappa shape index (κ2) is 8.50. The van der Waals surface area contributed by atoms with Crippen molar-refractivity contribution in [2.24, 2.45) is 4.99 Å². The first-order valence-electron chi connectivity index (χ1n) is 16.3. The van der Waals surface area contributed by atoms with E-state index < -0.39 is 0 Å². The first kappa shape index (κ1) is 23.7. The van der Waals surface area contributed by atoms with Crippen molar-refractivity contribution in [2.45, 2.75) is 119 Å². The van der Waals surface area contributed by atoms with Crippen LogP contribution in [0.15, 0.2) is 58.7 Å². The van der Waals surface area contributed by atoms with E-state index in [4.69, 9.17) is 4.99 Å². The van der Waals surface area contributed by atoms with Gasteiger partial charge in [0.05, 0.1) is 27.7 Å². The number of H-pyrrole nitrogens is 3. The maximum Gasteiger partial charge on any atom is 0.0718 e. The molecule has 4 nitrogen and oxygen atoms in total. The number of fused-ring (bicyclic) bond motifs is 13. The van der Waals surface area contributed by atoms with Crippen molar-refractivity contribution < 1.29 is 0 Å². The van der Waals surface area contributed by atoms with E-state index in [0.717, 1.165) is 12.8 Å². The number of allylic oxidation sites excluding steroid dienone is 3. The Kier molecular flexibility index (Phi) is 5.03. The molecule has 2 aliphatic heterocycles. The number of aliphatic imine (C=N–C) groups is 1. The zero-order valence-corrected chi connectivity index (χ0v) is 23.8. The molecule has 0 atom stereocenters. The lowest BCUT2D eigenvalue weighted by atomic mass is 9.77. The number of rotatable bonds is 0. The molecule has 8 bridgehead atoms. The Morgan fingerprint density at radius 1 is 0.500 bits per heavy atom. The van der Waals surface area contributed by atoms with Gasteiger partial charge in [0.2, 0.25) is 0 Å². The van der Waals surface area contributed by atoms with Gasteiger partial charge in [-0.2, -0.15) is 0 Å². The van der Waals surface area contributed by atoms with Crippen LogP contribution in [-0.2, 0) is 16.2 Å². The van der Waals surface area contributed by atoms with Crippen LogP contribution < -0.4 is 0 Å². The van der Waals surface area contributed by atoms with Crippen LogP contribution in [-0.4, -0.2) is 20.7 Å². The number of nitrogens with one attached hydrogen (secondary N) is 3. The zero-order chi connectivity index (χ0) is 26.4. The van der Waals surface area contributed by atoms with Gasteiger partial charge in [-0.15, -0.1) is 0 Å². The maximum absolute atomic E-state index is 5.61. The molecule has 3 spiro atoms. The molecule has 3 saturated carbocycles. The van der Waals surface area contributed by atoms with E-state index in [2.05, 4.69) is 57.4 Å². The highest BCUT2D eigenvalue weighted by molar-refractivity contribution is 6.08. The molecule has 4 heteroatoms. The lowest BCUT2D eigenvalue weighted by Gasteiger charge is -2.31. The standard InChI is InChI=1S/C36H42N4/c1-2-10-25-26-11-12-27(37-26)34(17-3-4-18-34)28-13-14-29(38-28)35(19-5-6-20-35)30-15-16-31(39-30)36(21-7-8-22-36)32-23-24(9-1)33(25)40-32/h11-16,23,37-39H,1-10,17-22H2. The van der Waals surface area contributed by atoms with E-state index in [9.17, 15) is 0 Å². The highest BCUT2D eigenvalue weighted by atomic mass is 14.9. The Morgan fingerprint density at radius 2 is 0.975 bits per heavy atom. The zero-order valence-electron chi connectivity index (χ0n) is 23.8. The quantitative estimate of drug-likeness (QED) is 0.260. The third kappa shape index (κ3) is 3.11. The van der Waals surface area contributed by atoms with Gasteiger partial charge >= 0.3 is 0 Å². The molecule has 3 fully saturated rings. The summed E-state index contributed by atoms with van der Waals surface area (Å²) in [5.41, 5.74) is 14.1. The molecular formula is C36H42N4. The SMILES string of the molecule is C1=C2CCCCC3=C2N=C1C1(CCCC1)c1ccc([nH]1)C1(CCCC1)c1ccc([nH]1)C1(CCCC1)c1ccc3[nH]1. The number of hydrogen-bond acceptors (Lipinski definition) is 1. The first-order valence-corrected chi connectivity index (χ1v) is 16.3. The van der Waals surface area contributed by atoms with Crippen LogP contribution in [0.4, 0.5) is 0 Å². The average molecular weight is 531 g/mol. The van der Waals surface area contributed by atoms with Crippen LogP contribution in [0.2, 0.25) is 0 Å². The van der Waals surface area contributed by atoms with Crippen molar-refractivity contribution in [2.75, 3.05) is 0 Å². The Hall–Kier alpha value is -3.01. The van der Waals surface area contributed by atoms with Gasteiger partial charge < -0.3 is 15.0 Å². The number of nitrogens with zero attached hydrogens (tertiary/aromatic N) is 1. The molecule has 0 saturated heterocycles. The maximum atomic E-state index is 5.61. The molecular weight excluding hydrogens is 488 g/mol. The predicted octanol–water partition coefficient (Wildman–Crippen LogP) is 8.88. The van der Waals surface area contributed by atoms with Crippen molar-refractivity contribution in [3.8, 4) is 0 Å². The van der Waals surface area contributed by atoms with E-state index in [-0.39, 0.29) is 16.2 Å². The molecule has 0 aromatic carbocycles. The lowest BCUT2D eigenvalue weighted by Crippen LogP contribution is -2.32. The van der Waals surface area contributed by atoms with Gasteiger partial charge in [0.15, 0.2) is 0 Å². The summed E-state index contributed by atoms with van der Waals surface area (Å²) in [6.45, 7) is 0. The second-order valence-corrected chi connectivity index (χ2v) is 13.9. The van der Waals surface area contributed by atoms with Crippen LogP contribution in [0.25, 0.3) is 5.57 Å². The third-order valence-electron chi connectivity index (χ3n) is 12.1. The molecule has 206 valence electrons. The molecule has 4 aliphatic carbocycles. The lowest BCUT2D eigenvalue weighted by molar-refractivity contribution is 0.480. The third-order valence-corrected chi connectivity index (χ3v) is 12.1. The summed E-state index contributed by atoms with van der Waals surface area (Å²) < 4.78 is 0. The summed E-state index contributed by atoms with van der Waals surface area (Å²) in [5.74, 6) is 0. The molecule has 3 aromatic heterocycles. The summed E-state index contributed by atoms with van der Waals surface area (Å²) in [5, 5.41) is 0. The fraction of sp³-hybridized carbons (Fsp3) is 0.528. The molecule has 3 N–H and O–H groups in total. The van der Waals surface area contributed by atoms with Crippen LogP contribution in [0.5, 0.6) is 0 Å². The fourth-order valence-corrected chi connectivity index (χ4v) is 9.88. The molecule has 0 radical (unpaired) electrons. The van der Waals surface area contributed by atoms with E-state index in [1.807, 2.05) is 0 Å². The molecule has 0 unspecified atom stereocenters. The first-order chi connectivity index (χ1) is 19.7. The Morgan fingerprint density at radius 3 is 1.57 bits per heavy atom. The highest BCUT2D eigenvalue weighted by Gasteiger charge is 2.47. The van der Waals surface area contributed by atoms with Crippen LogP contribution in [0.1, 0.15) is 137 Å². The van der Waals surface area contributed by atoms with Crippen molar-refractivity contribution in [1.29, 1.82) is 0 Å². The summed E-state index contributed by atoms with van der Waals surface area (Å²) in [6.07, 6.45) is 22.3. The minimum absolute atomic E-state index is 0.0160. The largest absolute Gasteiger partial charge is 0.361 e.